The van der Waals surface area contributed by atoms with Gasteiger partial charge in [0.15, 0.2) is 6.10 Å². The first kappa shape index (κ1) is 30.2. The molecule has 0 radical (unpaired) electrons. The molecule has 1 N–H and O–H groups in total. The fourth-order valence-electron chi connectivity index (χ4n) is 6.31. The first-order valence-corrected chi connectivity index (χ1v) is 15.2. The largest absolute Gasteiger partial charge is 0.479 e. The van der Waals surface area contributed by atoms with Gasteiger partial charge in [-0.15, -0.1) is 0 Å². The summed E-state index contributed by atoms with van der Waals surface area (Å²) in [5.74, 6) is -0.940. The fraction of sp³-hybridized carbons (Fsp3) is 0.429. The molecule has 0 aliphatic heterocycles. The monoisotopic (exact) mass is 580 g/mol. The molecule has 0 spiro atoms. The summed E-state index contributed by atoms with van der Waals surface area (Å²) in [5.41, 5.74) is 5.49. The SMILES string of the molecule is CCCc1c(Cc2ccc(-c3ccccc3C#N)cc2)c(=O)n(C2CCC(OC(C(=O)O)C(C)(C)C)CC2)c2ccnn12. The minimum Gasteiger partial charge on any atom is -0.479 e. The summed E-state index contributed by atoms with van der Waals surface area (Å²) in [6, 6.07) is 19.8. The number of benzene rings is 2. The van der Waals surface area contributed by atoms with Crippen LogP contribution in [0.3, 0.4) is 0 Å². The molecule has 0 saturated heterocycles. The topological polar surface area (TPSA) is 110 Å². The van der Waals surface area contributed by atoms with Crippen LogP contribution >= 0.6 is 0 Å². The van der Waals surface area contributed by atoms with Crippen molar-refractivity contribution in [2.75, 3.05) is 0 Å². The zero-order valence-electron chi connectivity index (χ0n) is 25.4. The van der Waals surface area contributed by atoms with E-state index in [2.05, 4.69) is 18.1 Å². The van der Waals surface area contributed by atoms with Gasteiger partial charge in [-0.2, -0.15) is 10.4 Å². The quantitative estimate of drug-likeness (QED) is 0.240. The summed E-state index contributed by atoms with van der Waals surface area (Å²) < 4.78 is 9.93. The number of aromatic nitrogens is 3. The van der Waals surface area contributed by atoms with Crippen LogP contribution < -0.4 is 5.56 Å². The van der Waals surface area contributed by atoms with E-state index in [1.165, 1.54) is 0 Å². The molecular weight excluding hydrogens is 540 g/mol. The lowest BCUT2D eigenvalue weighted by atomic mass is 9.87. The van der Waals surface area contributed by atoms with Crippen LogP contribution in [0.15, 0.2) is 65.6 Å². The minimum atomic E-state index is -0.940. The van der Waals surface area contributed by atoms with Crippen LogP contribution in [-0.2, 0) is 22.4 Å². The maximum absolute atomic E-state index is 14.3. The number of nitrogens with zero attached hydrogens (tertiary/aromatic N) is 4. The smallest absolute Gasteiger partial charge is 0.333 e. The standard InChI is InChI=1S/C35H40N4O4/c1-5-8-30-29(21-23-11-13-24(14-12-23)28-10-7-6-9-25(28)22-36)33(40)38(31-19-20-37-39(30)31)26-15-17-27(18-16-26)43-32(34(41)42)35(2,3)4/h6-7,9-14,19-20,26-27,32H,5,8,15-18,21H2,1-4H3,(H,41,42). The number of rotatable bonds is 9. The van der Waals surface area contributed by atoms with E-state index >= 15 is 0 Å². The average Bonchev–Trinajstić information content (AvgIpc) is 3.47. The Hall–Kier alpha value is -4.22. The number of hydrogen-bond acceptors (Lipinski definition) is 5. The zero-order chi connectivity index (χ0) is 30.7. The van der Waals surface area contributed by atoms with Crippen molar-refractivity contribution >= 4 is 11.6 Å². The summed E-state index contributed by atoms with van der Waals surface area (Å²) >= 11 is 0. The number of nitriles is 1. The molecule has 2 aromatic carbocycles. The van der Waals surface area contributed by atoms with Gasteiger partial charge in [-0.25, -0.2) is 9.31 Å². The Morgan fingerprint density at radius 1 is 1.09 bits per heavy atom. The van der Waals surface area contributed by atoms with E-state index < -0.39 is 17.5 Å². The predicted molar refractivity (Wildman–Crippen MR) is 166 cm³/mol. The highest BCUT2D eigenvalue weighted by atomic mass is 16.5. The van der Waals surface area contributed by atoms with Crippen LogP contribution in [-0.4, -0.2) is 37.5 Å². The van der Waals surface area contributed by atoms with E-state index in [-0.39, 0.29) is 17.7 Å². The van der Waals surface area contributed by atoms with Gasteiger partial charge in [0, 0.05) is 24.1 Å². The van der Waals surface area contributed by atoms with Gasteiger partial charge < -0.3 is 9.84 Å². The lowest BCUT2D eigenvalue weighted by Crippen LogP contribution is -2.41. The number of carboxylic acid groups (broad SMARTS) is 1. The number of ether oxygens (including phenoxy) is 1. The molecule has 0 amide bonds. The molecule has 0 bridgehead atoms. The molecular formula is C35H40N4O4. The highest BCUT2D eigenvalue weighted by Crippen LogP contribution is 2.34. The van der Waals surface area contributed by atoms with Gasteiger partial charge in [-0.1, -0.05) is 76.6 Å². The summed E-state index contributed by atoms with van der Waals surface area (Å²) in [4.78, 5) is 26.2. The van der Waals surface area contributed by atoms with Crippen LogP contribution in [0.4, 0.5) is 0 Å². The van der Waals surface area contributed by atoms with Crippen LogP contribution in [0.1, 0.15) is 88.2 Å². The summed E-state index contributed by atoms with van der Waals surface area (Å²) in [7, 11) is 0. The van der Waals surface area contributed by atoms with Gasteiger partial charge in [0.2, 0.25) is 0 Å². The third-order valence-corrected chi connectivity index (χ3v) is 8.48. The molecule has 1 fully saturated rings. The number of carbonyl (C=O) groups is 1. The van der Waals surface area contributed by atoms with Gasteiger partial charge >= 0.3 is 5.97 Å². The maximum atomic E-state index is 14.3. The van der Waals surface area contributed by atoms with Gasteiger partial charge in [0.05, 0.1) is 29.6 Å². The molecule has 8 heteroatoms. The molecule has 2 heterocycles. The van der Waals surface area contributed by atoms with E-state index in [1.54, 1.807) is 6.20 Å². The lowest BCUT2D eigenvalue weighted by Gasteiger charge is -2.35. The highest BCUT2D eigenvalue weighted by Gasteiger charge is 2.36. The Kier molecular flexibility index (Phi) is 8.84. The first-order valence-electron chi connectivity index (χ1n) is 15.2. The molecule has 1 aliphatic carbocycles. The molecule has 8 nitrogen and oxygen atoms in total. The molecule has 1 atom stereocenters. The van der Waals surface area contributed by atoms with Crippen molar-refractivity contribution in [3.63, 3.8) is 0 Å². The minimum absolute atomic E-state index is 0.0119. The Morgan fingerprint density at radius 3 is 2.42 bits per heavy atom. The van der Waals surface area contributed by atoms with E-state index in [4.69, 9.17) is 4.74 Å². The highest BCUT2D eigenvalue weighted by molar-refractivity contribution is 5.73. The van der Waals surface area contributed by atoms with Crippen LogP contribution in [0.5, 0.6) is 0 Å². The second-order valence-electron chi connectivity index (χ2n) is 12.6. The van der Waals surface area contributed by atoms with Gasteiger partial charge in [-0.3, -0.25) is 9.36 Å². The number of aryl methyl sites for hydroxylation is 1. The van der Waals surface area contributed by atoms with Gasteiger partial charge in [0.25, 0.3) is 5.56 Å². The number of aliphatic carboxylic acids is 1. The third kappa shape index (κ3) is 6.28. The van der Waals surface area contributed by atoms with Crippen molar-refractivity contribution in [3.8, 4) is 17.2 Å². The van der Waals surface area contributed by atoms with Gasteiger partial charge in [-0.05, 0) is 60.3 Å². The molecule has 224 valence electrons. The predicted octanol–water partition coefficient (Wildman–Crippen LogP) is 6.58. The van der Waals surface area contributed by atoms with E-state index in [0.29, 0.717) is 24.8 Å². The third-order valence-electron chi connectivity index (χ3n) is 8.48. The Labute approximate surface area is 252 Å². The average molecular weight is 581 g/mol. The van der Waals surface area contributed by atoms with Crippen LogP contribution in [0, 0.1) is 16.7 Å². The molecule has 1 aliphatic rings. The van der Waals surface area contributed by atoms with Crippen molar-refractivity contribution in [1.29, 1.82) is 5.26 Å². The van der Waals surface area contributed by atoms with E-state index in [0.717, 1.165) is 59.3 Å². The van der Waals surface area contributed by atoms with Crippen molar-refractivity contribution in [2.24, 2.45) is 5.41 Å². The lowest BCUT2D eigenvalue weighted by molar-refractivity contribution is -0.166. The second-order valence-corrected chi connectivity index (χ2v) is 12.6. The van der Waals surface area contributed by atoms with Crippen molar-refractivity contribution in [2.45, 2.75) is 90.9 Å². The molecule has 1 unspecified atom stereocenters. The molecule has 4 aromatic rings. The van der Waals surface area contributed by atoms with Gasteiger partial charge in [0.1, 0.15) is 5.65 Å². The normalized spacial score (nSPS) is 17.9. The Balaban J connectivity index is 1.44. The van der Waals surface area contributed by atoms with Crippen molar-refractivity contribution < 1.29 is 14.6 Å². The number of hydrogen-bond donors (Lipinski definition) is 1. The van der Waals surface area contributed by atoms with E-state index in [1.807, 2.05) is 84.5 Å². The van der Waals surface area contributed by atoms with Crippen LogP contribution in [0.2, 0.25) is 0 Å². The Morgan fingerprint density at radius 2 is 1.79 bits per heavy atom. The zero-order valence-corrected chi connectivity index (χ0v) is 25.4. The van der Waals surface area contributed by atoms with Crippen molar-refractivity contribution in [3.05, 3.63) is 93.5 Å². The maximum Gasteiger partial charge on any atom is 0.333 e. The summed E-state index contributed by atoms with van der Waals surface area (Å²) in [6.45, 7) is 7.75. The van der Waals surface area contributed by atoms with Crippen LogP contribution in [0.25, 0.3) is 16.8 Å². The molecule has 43 heavy (non-hydrogen) atoms. The molecule has 2 aromatic heterocycles. The summed E-state index contributed by atoms with van der Waals surface area (Å²) in [5, 5.41) is 23.9. The fourth-order valence-corrected chi connectivity index (χ4v) is 6.31. The second kappa shape index (κ2) is 12.6. The van der Waals surface area contributed by atoms with E-state index in [9.17, 15) is 20.0 Å². The summed E-state index contributed by atoms with van der Waals surface area (Å²) in [6.07, 6.45) is 5.65. The Bertz CT molecular complexity index is 1700. The molecule has 5 rings (SSSR count). The van der Waals surface area contributed by atoms with Crippen molar-refractivity contribution in [1.82, 2.24) is 14.2 Å². The molecule has 1 saturated carbocycles. The first-order chi connectivity index (χ1) is 20.6. The number of carboxylic acids is 1. The number of fused-ring (bicyclic) bond motifs is 1.